The van der Waals surface area contributed by atoms with Crippen molar-refractivity contribution >= 4 is 60.9 Å². The fourth-order valence-electron chi connectivity index (χ4n) is 6.58. The van der Waals surface area contributed by atoms with Gasteiger partial charge < -0.3 is 13.7 Å². The number of rotatable bonds is 5. The molecule has 45 heavy (non-hydrogen) atoms. The summed E-state index contributed by atoms with van der Waals surface area (Å²) in [5.41, 5.74) is 11.2. The molecule has 0 spiro atoms. The Morgan fingerprint density at radius 2 is 0.822 bits per heavy atom. The van der Waals surface area contributed by atoms with Gasteiger partial charge in [0.25, 0.3) is 0 Å². The Morgan fingerprint density at radius 3 is 1.47 bits per heavy atom. The van der Waals surface area contributed by atoms with Crippen LogP contribution in [0.15, 0.2) is 173 Å². The summed E-state index contributed by atoms with van der Waals surface area (Å²) in [5, 5.41) is 4.53. The van der Waals surface area contributed by atoms with Crippen molar-refractivity contribution < 1.29 is 8.83 Å². The van der Waals surface area contributed by atoms with Crippen LogP contribution in [-0.4, -0.2) is 0 Å². The Morgan fingerprint density at radius 1 is 0.333 bits per heavy atom. The lowest BCUT2D eigenvalue weighted by atomic mass is 10.0. The van der Waals surface area contributed by atoms with Crippen LogP contribution in [-0.2, 0) is 0 Å². The summed E-state index contributed by atoms with van der Waals surface area (Å²) >= 11 is 0. The molecule has 3 nitrogen and oxygen atoms in total. The van der Waals surface area contributed by atoms with Crippen molar-refractivity contribution in [3.05, 3.63) is 164 Å². The third kappa shape index (κ3) is 4.21. The molecule has 0 N–H and O–H groups in total. The minimum Gasteiger partial charge on any atom is -0.455 e. The monoisotopic (exact) mass is 577 g/mol. The second-order valence-electron chi connectivity index (χ2n) is 11.3. The summed E-state index contributed by atoms with van der Waals surface area (Å²) in [6.45, 7) is 0. The number of benzene rings is 7. The molecule has 2 aromatic heterocycles. The number of fused-ring (bicyclic) bond motifs is 6. The van der Waals surface area contributed by atoms with Crippen LogP contribution < -0.4 is 4.90 Å². The van der Waals surface area contributed by atoms with Crippen LogP contribution in [0.1, 0.15) is 0 Å². The Balaban J connectivity index is 1.15. The number of nitrogens with zero attached hydrogens (tertiary/aromatic N) is 1. The summed E-state index contributed by atoms with van der Waals surface area (Å²) in [6.07, 6.45) is 0. The zero-order chi connectivity index (χ0) is 29.7. The molecule has 0 saturated carbocycles. The highest BCUT2D eigenvalue weighted by molar-refractivity contribution is 6.10. The van der Waals surface area contributed by atoms with Gasteiger partial charge in [-0.3, -0.25) is 0 Å². The second-order valence-corrected chi connectivity index (χ2v) is 11.3. The molecule has 9 rings (SSSR count). The van der Waals surface area contributed by atoms with Gasteiger partial charge in [0.05, 0.1) is 0 Å². The van der Waals surface area contributed by atoms with Gasteiger partial charge in [-0.05, 0) is 59.7 Å². The molecular formula is C42H27NO2. The number of hydrogen-bond donors (Lipinski definition) is 0. The van der Waals surface area contributed by atoms with Gasteiger partial charge in [0.15, 0.2) is 0 Å². The van der Waals surface area contributed by atoms with E-state index in [-0.39, 0.29) is 0 Å². The maximum absolute atomic E-state index is 6.39. The molecular weight excluding hydrogens is 550 g/mol. The van der Waals surface area contributed by atoms with Crippen molar-refractivity contribution in [1.29, 1.82) is 0 Å². The van der Waals surface area contributed by atoms with Gasteiger partial charge in [0.1, 0.15) is 22.3 Å². The van der Waals surface area contributed by atoms with Crippen molar-refractivity contribution in [2.24, 2.45) is 0 Å². The predicted octanol–water partition coefficient (Wildman–Crippen LogP) is 12.3. The first-order valence-electron chi connectivity index (χ1n) is 15.2. The van der Waals surface area contributed by atoms with Crippen LogP contribution in [0.2, 0.25) is 0 Å². The first-order valence-corrected chi connectivity index (χ1v) is 15.2. The van der Waals surface area contributed by atoms with E-state index in [9.17, 15) is 0 Å². The summed E-state index contributed by atoms with van der Waals surface area (Å²) in [7, 11) is 0. The predicted molar refractivity (Wildman–Crippen MR) is 187 cm³/mol. The van der Waals surface area contributed by atoms with E-state index in [1.54, 1.807) is 0 Å². The highest BCUT2D eigenvalue weighted by Crippen LogP contribution is 2.41. The molecule has 0 fully saturated rings. The third-order valence-electron chi connectivity index (χ3n) is 8.67. The minimum absolute atomic E-state index is 0.903. The highest BCUT2D eigenvalue weighted by atomic mass is 16.3. The van der Waals surface area contributed by atoms with Gasteiger partial charge in [-0.15, -0.1) is 0 Å². The van der Waals surface area contributed by atoms with Gasteiger partial charge in [0.2, 0.25) is 0 Å². The van der Waals surface area contributed by atoms with E-state index in [1.807, 2.05) is 24.3 Å². The van der Waals surface area contributed by atoms with E-state index in [0.717, 1.165) is 83.2 Å². The molecule has 3 heteroatoms. The van der Waals surface area contributed by atoms with Crippen LogP contribution in [0, 0.1) is 0 Å². The van der Waals surface area contributed by atoms with Crippen LogP contribution in [0.3, 0.4) is 0 Å². The highest BCUT2D eigenvalue weighted by Gasteiger charge is 2.17. The molecule has 0 aliphatic carbocycles. The summed E-state index contributed by atoms with van der Waals surface area (Å²) in [5.74, 6) is 0. The molecule has 7 aromatic carbocycles. The normalized spacial score (nSPS) is 11.6. The Labute approximate surface area is 260 Å². The first-order chi connectivity index (χ1) is 22.3. The van der Waals surface area contributed by atoms with E-state index in [1.165, 1.54) is 0 Å². The molecule has 0 aliphatic heterocycles. The van der Waals surface area contributed by atoms with Crippen LogP contribution in [0.25, 0.3) is 66.1 Å². The van der Waals surface area contributed by atoms with Crippen molar-refractivity contribution in [2.45, 2.75) is 0 Å². The SMILES string of the molecule is c1ccc(N(c2ccc(-c3cccc4c3oc3ccccc34)cc2)c2cccc(-c3cccc4c3oc3ccccc34)c2)cc1. The number of para-hydroxylation sites is 5. The fraction of sp³-hybridized carbons (Fsp3) is 0. The molecule has 0 aliphatic rings. The fourth-order valence-corrected chi connectivity index (χ4v) is 6.58. The van der Waals surface area contributed by atoms with Crippen molar-refractivity contribution in [3.8, 4) is 22.3 Å². The Hall–Kier alpha value is -6.06. The smallest absolute Gasteiger partial charge is 0.143 e. The maximum Gasteiger partial charge on any atom is 0.143 e. The Kier molecular flexibility index (Phi) is 5.82. The van der Waals surface area contributed by atoms with E-state index in [0.29, 0.717) is 0 Å². The number of anilines is 3. The summed E-state index contributed by atoms with van der Waals surface area (Å²) < 4.78 is 12.7. The molecule has 0 bridgehead atoms. The van der Waals surface area contributed by atoms with Gasteiger partial charge in [-0.25, -0.2) is 0 Å². The first kappa shape index (κ1) is 25.4. The van der Waals surface area contributed by atoms with Crippen molar-refractivity contribution in [2.75, 3.05) is 4.90 Å². The van der Waals surface area contributed by atoms with E-state index >= 15 is 0 Å². The summed E-state index contributed by atoms with van der Waals surface area (Å²) in [4.78, 5) is 2.30. The molecule has 0 unspecified atom stereocenters. The lowest BCUT2D eigenvalue weighted by Crippen LogP contribution is -2.09. The molecule has 9 aromatic rings. The van der Waals surface area contributed by atoms with Gasteiger partial charge >= 0.3 is 0 Å². The molecule has 0 radical (unpaired) electrons. The quantitative estimate of drug-likeness (QED) is 0.204. The average Bonchev–Trinajstić information content (AvgIpc) is 3.68. The van der Waals surface area contributed by atoms with E-state index < -0.39 is 0 Å². The molecule has 0 atom stereocenters. The van der Waals surface area contributed by atoms with Gasteiger partial charge in [-0.2, -0.15) is 0 Å². The lowest BCUT2D eigenvalue weighted by molar-refractivity contribution is 0.669. The third-order valence-corrected chi connectivity index (χ3v) is 8.67. The van der Waals surface area contributed by atoms with Gasteiger partial charge in [0, 0.05) is 49.7 Å². The molecule has 0 saturated heterocycles. The zero-order valence-electron chi connectivity index (χ0n) is 24.4. The van der Waals surface area contributed by atoms with Crippen molar-refractivity contribution in [1.82, 2.24) is 0 Å². The zero-order valence-corrected chi connectivity index (χ0v) is 24.4. The van der Waals surface area contributed by atoms with E-state index in [2.05, 4.69) is 144 Å². The van der Waals surface area contributed by atoms with Crippen LogP contribution >= 0.6 is 0 Å². The Bertz CT molecular complexity index is 2490. The maximum atomic E-state index is 6.39. The van der Waals surface area contributed by atoms with E-state index in [4.69, 9.17) is 8.83 Å². The van der Waals surface area contributed by atoms with Crippen LogP contribution in [0.4, 0.5) is 17.1 Å². The molecule has 0 amide bonds. The molecule has 2 heterocycles. The summed E-state index contributed by atoms with van der Waals surface area (Å²) in [6, 6.07) is 57.2. The van der Waals surface area contributed by atoms with Crippen LogP contribution in [0.5, 0.6) is 0 Å². The average molecular weight is 578 g/mol. The topological polar surface area (TPSA) is 29.5 Å². The van der Waals surface area contributed by atoms with Crippen molar-refractivity contribution in [3.63, 3.8) is 0 Å². The second kappa shape index (κ2) is 10.3. The standard InChI is InChI=1S/C42H27NO2/c1-2-12-30(13-3-1)43(31-25-23-28(24-26-31)33-17-9-19-37-35-15-4-6-21-39(35)44-41(33)37)32-14-8-11-29(27-32)34-18-10-20-38-36-16-5-7-22-40(36)45-42(34)38/h1-27H. The minimum atomic E-state index is 0.903. The van der Waals surface area contributed by atoms with Gasteiger partial charge in [-0.1, -0.05) is 115 Å². The largest absolute Gasteiger partial charge is 0.455 e. The molecule has 212 valence electrons. The lowest BCUT2D eigenvalue weighted by Gasteiger charge is -2.26. The number of furan rings is 2. The number of hydrogen-bond acceptors (Lipinski definition) is 3.